The molecule has 0 bridgehead atoms. The molecule has 1 heterocycles. The van der Waals surface area contributed by atoms with Crippen molar-refractivity contribution in [1.82, 2.24) is 0 Å². The summed E-state index contributed by atoms with van der Waals surface area (Å²) in [6.07, 6.45) is 4.63. The molecule has 4 fully saturated rings. The lowest BCUT2D eigenvalue weighted by atomic mass is 9.46. The van der Waals surface area contributed by atoms with Gasteiger partial charge in [0.05, 0.1) is 24.9 Å². The molecule has 0 spiro atoms. The Balaban J connectivity index is 1.64. The highest BCUT2D eigenvalue weighted by Gasteiger charge is 2.64. The molecule has 0 radical (unpaired) electrons. The first-order valence-electron chi connectivity index (χ1n) is 9.47. The predicted octanol–water partition coefficient (Wildman–Crippen LogP) is 1.89. The summed E-state index contributed by atoms with van der Waals surface area (Å²) in [4.78, 5) is 10.8. The van der Waals surface area contributed by atoms with Gasteiger partial charge < -0.3 is 19.7 Å². The molecule has 3 aliphatic carbocycles. The Morgan fingerprint density at radius 1 is 1.12 bits per heavy atom. The van der Waals surface area contributed by atoms with Crippen LogP contribution >= 0.6 is 0 Å². The molecular formula is C19H30O5. The number of aliphatic hydroxyl groups is 2. The smallest absolute Gasteiger partial charge is 0.293 e. The Kier molecular flexibility index (Phi) is 3.98. The fourth-order valence-electron chi connectivity index (χ4n) is 6.68. The average molecular weight is 338 g/mol. The number of hydrogen-bond donors (Lipinski definition) is 2. The number of hydrogen-bond acceptors (Lipinski definition) is 5. The summed E-state index contributed by atoms with van der Waals surface area (Å²) in [5, 5.41) is 21.0. The summed E-state index contributed by atoms with van der Waals surface area (Å²) in [5.41, 5.74) is -0.0160. The number of ether oxygens (including phenoxy) is 2. The van der Waals surface area contributed by atoms with E-state index in [0.29, 0.717) is 24.9 Å². The molecule has 2 N–H and O–H groups in total. The van der Waals surface area contributed by atoms with Gasteiger partial charge in [-0.2, -0.15) is 0 Å². The molecular weight excluding hydrogens is 308 g/mol. The van der Waals surface area contributed by atoms with Gasteiger partial charge in [-0.15, -0.1) is 0 Å². The summed E-state index contributed by atoms with van der Waals surface area (Å²) >= 11 is 0. The number of carbonyl (C=O) groups excluding carboxylic acids is 1. The Hall–Kier alpha value is -0.650. The summed E-state index contributed by atoms with van der Waals surface area (Å²) in [5.74, 6) is 0.928. The van der Waals surface area contributed by atoms with Crippen LogP contribution in [-0.4, -0.2) is 47.7 Å². The van der Waals surface area contributed by atoms with Gasteiger partial charge in [-0.1, -0.05) is 13.8 Å². The molecule has 24 heavy (non-hydrogen) atoms. The summed E-state index contributed by atoms with van der Waals surface area (Å²) < 4.78 is 11.4. The van der Waals surface area contributed by atoms with Crippen LogP contribution < -0.4 is 0 Å². The Morgan fingerprint density at radius 3 is 2.62 bits per heavy atom. The minimum atomic E-state index is -0.391. The normalized spacial score (nSPS) is 56.8. The molecule has 0 aromatic heterocycles. The largest absolute Gasteiger partial charge is 0.461 e. The number of fused-ring (bicyclic) bond motifs is 5. The Bertz CT molecular complexity index is 510. The lowest BCUT2D eigenvalue weighted by Crippen LogP contribution is -2.61. The van der Waals surface area contributed by atoms with Crippen LogP contribution in [0, 0.1) is 28.6 Å². The van der Waals surface area contributed by atoms with Gasteiger partial charge in [0.15, 0.2) is 0 Å². The summed E-state index contributed by atoms with van der Waals surface area (Å²) in [6, 6.07) is 0. The van der Waals surface area contributed by atoms with Crippen molar-refractivity contribution in [3.8, 4) is 0 Å². The van der Waals surface area contributed by atoms with Crippen LogP contribution in [0.2, 0.25) is 0 Å². The first-order chi connectivity index (χ1) is 11.4. The van der Waals surface area contributed by atoms with E-state index >= 15 is 0 Å². The number of carbonyl (C=O) groups is 1. The zero-order valence-electron chi connectivity index (χ0n) is 14.7. The molecule has 136 valence electrons. The van der Waals surface area contributed by atoms with Gasteiger partial charge in [0.2, 0.25) is 0 Å². The second-order valence-electron chi connectivity index (χ2n) is 9.14. The van der Waals surface area contributed by atoms with Crippen LogP contribution in [0.15, 0.2) is 0 Å². The molecule has 9 atom stereocenters. The van der Waals surface area contributed by atoms with Crippen molar-refractivity contribution in [1.29, 1.82) is 0 Å². The fraction of sp³-hybridized carbons (Fsp3) is 0.947. The molecule has 0 aromatic rings. The van der Waals surface area contributed by atoms with Crippen LogP contribution in [0.5, 0.6) is 0 Å². The second kappa shape index (κ2) is 5.68. The van der Waals surface area contributed by atoms with Crippen LogP contribution in [0.4, 0.5) is 0 Å². The third kappa shape index (κ3) is 2.20. The van der Waals surface area contributed by atoms with Gasteiger partial charge in [-0.3, -0.25) is 4.79 Å². The lowest BCUT2D eigenvalue weighted by molar-refractivity contribution is -0.191. The third-order valence-corrected chi connectivity index (χ3v) is 8.16. The minimum Gasteiger partial charge on any atom is -0.461 e. The van der Waals surface area contributed by atoms with E-state index in [2.05, 4.69) is 13.8 Å². The highest BCUT2D eigenvalue weighted by atomic mass is 16.6. The van der Waals surface area contributed by atoms with Crippen molar-refractivity contribution in [3.63, 3.8) is 0 Å². The number of aliphatic hydroxyl groups excluding tert-OH is 2. The highest BCUT2D eigenvalue weighted by Crippen LogP contribution is 2.63. The highest BCUT2D eigenvalue weighted by molar-refractivity contribution is 5.38. The minimum absolute atomic E-state index is 0.0409. The van der Waals surface area contributed by atoms with Crippen molar-refractivity contribution < 1.29 is 24.5 Å². The second-order valence-corrected chi connectivity index (χ2v) is 9.14. The van der Waals surface area contributed by atoms with Crippen molar-refractivity contribution >= 4 is 6.47 Å². The van der Waals surface area contributed by atoms with Crippen LogP contribution in [0.1, 0.15) is 52.4 Å². The van der Waals surface area contributed by atoms with Gasteiger partial charge in [0.1, 0.15) is 6.10 Å². The summed E-state index contributed by atoms with van der Waals surface area (Å²) in [6.45, 7) is 5.49. The zero-order valence-corrected chi connectivity index (χ0v) is 14.7. The van der Waals surface area contributed by atoms with E-state index in [1.807, 2.05) is 0 Å². The van der Waals surface area contributed by atoms with E-state index in [1.54, 1.807) is 0 Å². The molecule has 4 rings (SSSR count). The Labute approximate surface area is 143 Å². The van der Waals surface area contributed by atoms with Gasteiger partial charge in [0.25, 0.3) is 6.47 Å². The van der Waals surface area contributed by atoms with E-state index in [-0.39, 0.29) is 35.1 Å². The molecule has 0 aromatic carbocycles. The molecule has 0 amide bonds. The van der Waals surface area contributed by atoms with Gasteiger partial charge in [0, 0.05) is 11.3 Å². The molecule has 3 saturated carbocycles. The molecule has 4 aliphatic rings. The maximum atomic E-state index is 10.9. The standard InChI is InChI=1S/C19H30O5/c1-18-5-3-12(21)7-11(18)8-14(22)16-13(18)4-6-19(2)15(24-10-20)9-23-17(16)19/h10-17,21-22H,3-9H2,1-2H3/t11?,12-,13?,14-,15-,16?,17?,18-,19+/m0/s1. The van der Waals surface area contributed by atoms with Crippen molar-refractivity contribution in [2.75, 3.05) is 6.61 Å². The quantitative estimate of drug-likeness (QED) is 0.752. The number of rotatable bonds is 2. The van der Waals surface area contributed by atoms with E-state index in [4.69, 9.17) is 9.47 Å². The van der Waals surface area contributed by atoms with Crippen molar-refractivity contribution in [3.05, 3.63) is 0 Å². The molecule has 5 nitrogen and oxygen atoms in total. The third-order valence-electron chi connectivity index (χ3n) is 8.16. The van der Waals surface area contributed by atoms with Gasteiger partial charge >= 0.3 is 0 Å². The fourth-order valence-corrected chi connectivity index (χ4v) is 6.68. The maximum absolute atomic E-state index is 10.9. The van der Waals surface area contributed by atoms with Crippen molar-refractivity contribution in [2.24, 2.45) is 28.6 Å². The van der Waals surface area contributed by atoms with Gasteiger partial charge in [-0.05, 0) is 55.8 Å². The molecule has 1 aliphatic heterocycles. The summed E-state index contributed by atoms with van der Waals surface area (Å²) in [7, 11) is 0. The Morgan fingerprint density at radius 2 is 1.88 bits per heavy atom. The zero-order chi connectivity index (χ0) is 17.1. The molecule has 4 unspecified atom stereocenters. The van der Waals surface area contributed by atoms with E-state index in [9.17, 15) is 15.0 Å². The van der Waals surface area contributed by atoms with Gasteiger partial charge in [-0.25, -0.2) is 0 Å². The van der Waals surface area contributed by atoms with Crippen molar-refractivity contribution in [2.45, 2.75) is 76.8 Å². The topological polar surface area (TPSA) is 76.0 Å². The average Bonchev–Trinajstić information content (AvgIpc) is 2.87. The van der Waals surface area contributed by atoms with E-state index in [0.717, 1.165) is 38.5 Å². The van der Waals surface area contributed by atoms with Crippen LogP contribution in [-0.2, 0) is 14.3 Å². The first kappa shape index (κ1) is 16.8. The van der Waals surface area contributed by atoms with E-state index < -0.39 is 6.10 Å². The van der Waals surface area contributed by atoms with E-state index in [1.165, 1.54) is 0 Å². The lowest BCUT2D eigenvalue weighted by Gasteiger charge is -2.61. The molecule has 5 heteroatoms. The predicted molar refractivity (Wildman–Crippen MR) is 87.1 cm³/mol. The first-order valence-corrected chi connectivity index (χ1v) is 9.47. The maximum Gasteiger partial charge on any atom is 0.293 e. The monoisotopic (exact) mass is 338 g/mol. The van der Waals surface area contributed by atoms with Crippen LogP contribution in [0.3, 0.4) is 0 Å². The molecule has 1 saturated heterocycles. The SMILES string of the molecule is C[C@]12CC[C@H](O)CC1C[C@H](O)C1C2CC[C@@]2(C)C1OC[C@@H]2OC=O. The van der Waals surface area contributed by atoms with Crippen LogP contribution in [0.25, 0.3) is 0 Å².